The summed E-state index contributed by atoms with van der Waals surface area (Å²) < 4.78 is 0. The van der Waals surface area contributed by atoms with E-state index in [1.54, 1.807) is 6.20 Å². The number of nitrogens with two attached hydrogens (primary N) is 1. The Morgan fingerprint density at radius 3 is 3.00 bits per heavy atom. The van der Waals surface area contributed by atoms with Gasteiger partial charge in [-0.25, -0.2) is 5.43 Å². The normalized spacial score (nSPS) is 32.0. The molecule has 0 saturated carbocycles. The van der Waals surface area contributed by atoms with Crippen molar-refractivity contribution in [2.75, 3.05) is 0 Å². The smallest absolute Gasteiger partial charge is 0.0764 e. The molecule has 0 amide bonds. The molecule has 76 valence electrons. The summed E-state index contributed by atoms with van der Waals surface area (Å²) in [6, 6.07) is 4.43. The van der Waals surface area contributed by atoms with E-state index in [-0.39, 0.29) is 6.17 Å². The van der Waals surface area contributed by atoms with Crippen LogP contribution in [0.5, 0.6) is 0 Å². The molecule has 0 aromatic carbocycles. The summed E-state index contributed by atoms with van der Waals surface area (Å²) in [7, 11) is 0. The summed E-state index contributed by atoms with van der Waals surface area (Å²) in [5, 5.41) is 0. The van der Waals surface area contributed by atoms with Crippen molar-refractivity contribution < 1.29 is 0 Å². The molecule has 2 rings (SSSR count). The molecule has 0 aliphatic carbocycles. The van der Waals surface area contributed by atoms with Crippen LogP contribution in [0, 0.1) is 0 Å². The van der Waals surface area contributed by atoms with Gasteiger partial charge in [0.15, 0.2) is 0 Å². The highest BCUT2D eigenvalue weighted by molar-refractivity contribution is 5.20. The Morgan fingerprint density at radius 1 is 1.50 bits per heavy atom. The van der Waals surface area contributed by atoms with Gasteiger partial charge in [-0.15, -0.1) is 0 Å². The van der Waals surface area contributed by atoms with Gasteiger partial charge in [0.25, 0.3) is 0 Å². The summed E-state index contributed by atoms with van der Waals surface area (Å²) in [6.07, 6.45) is 4.71. The Kier molecular flexibility index (Phi) is 2.77. The van der Waals surface area contributed by atoms with E-state index in [1.165, 1.54) is 5.56 Å². The number of hydrazine groups is 1. The van der Waals surface area contributed by atoms with Crippen molar-refractivity contribution in [3.05, 3.63) is 30.1 Å². The maximum atomic E-state index is 5.98. The van der Waals surface area contributed by atoms with Gasteiger partial charge in [0, 0.05) is 24.4 Å². The van der Waals surface area contributed by atoms with Crippen molar-refractivity contribution >= 4 is 0 Å². The zero-order chi connectivity index (χ0) is 9.97. The fourth-order valence-electron chi connectivity index (χ4n) is 2.00. The molecule has 3 unspecified atom stereocenters. The Balaban J connectivity index is 2.23. The molecule has 0 bridgehead atoms. The fourth-order valence-corrected chi connectivity index (χ4v) is 2.00. The van der Waals surface area contributed by atoms with Gasteiger partial charge in [-0.2, -0.15) is 0 Å². The van der Waals surface area contributed by atoms with Gasteiger partial charge in [0.1, 0.15) is 0 Å². The quantitative estimate of drug-likeness (QED) is 0.632. The second kappa shape index (κ2) is 4.04. The second-order valence-electron chi connectivity index (χ2n) is 3.64. The van der Waals surface area contributed by atoms with Crippen molar-refractivity contribution in [3.8, 4) is 0 Å². The van der Waals surface area contributed by atoms with Crippen molar-refractivity contribution in [2.45, 2.75) is 31.5 Å². The van der Waals surface area contributed by atoms with Crippen LogP contribution in [0.25, 0.3) is 0 Å². The maximum Gasteiger partial charge on any atom is 0.0764 e. The van der Waals surface area contributed by atoms with Gasteiger partial charge in [0.2, 0.25) is 0 Å². The van der Waals surface area contributed by atoms with Crippen LogP contribution in [0.2, 0.25) is 0 Å². The second-order valence-corrected chi connectivity index (χ2v) is 3.64. The minimum Gasteiger partial charge on any atom is -0.314 e. The molecule has 4 nitrogen and oxygen atoms in total. The lowest BCUT2D eigenvalue weighted by Crippen LogP contribution is -2.38. The average Bonchev–Trinajstić information content (AvgIpc) is 2.61. The van der Waals surface area contributed by atoms with E-state index in [1.807, 2.05) is 12.3 Å². The highest BCUT2D eigenvalue weighted by Gasteiger charge is 2.33. The first-order valence-corrected chi connectivity index (χ1v) is 4.99. The first-order valence-electron chi connectivity index (χ1n) is 4.99. The molecule has 1 fully saturated rings. The van der Waals surface area contributed by atoms with Gasteiger partial charge in [-0.05, 0) is 18.1 Å². The van der Waals surface area contributed by atoms with Crippen LogP contribution >= 0.6 is 0 Å². The van der Waals surface area contributed by atoms with Gasteiger partial charge in [0.05, 0.1) is 6.17 Å². The lowest BCUT2D eigenvalue weighted by atomic mass is 9.91. The zero-order valence-electron chi connectivity index (χ0n) is 8.27. The molecule has 0 spiro atoms. The van der Waals surface area contributed by atoms with Crippen LogP contribution in [-0.2, 0) is 0 Å². The summed E-state index contributed by atoms with van der Waals surface area (Å²) in [5.74, 6) is 0.314. The third kappa shape index (κ3) is 1.64. The van der Waals surface area contributed by atoms with Crippen molar-refractivity contribution in [3.63, 3.8) is 0 Å². The predicted molar refractivity (Wildman–Crippen MR) is 55.3 cm³/mol. The van der Waals surface area contributed by atoms with E-state index in [4.69, 9.17) is 5.73 Å². The minimum absolute atomic E-state index is 0.0239. The van der Waals surface area contributed by atoms with Gasteiger partial charge in [-0.1, -0.05) is 13.0 Å². The molecule has 2 heterocycles. The van der Waals surface area contributed by atoms with Gasteiger partial charge >= 0.3 is 0 Å². The highest BCUT2D eigenvalue weighted by Crippen LogP contribution is 2.25. The predicted octanol–water partition coefficient (Wildman–Crippen LogP) is 0.336. The standard InChI is InChI=1S/C10H16N4/c1-2-8-9(10(11)14-13-8)7-4-3-5-12-6-7/h3-6,8-10,13-14H,2,11H2,1H3. The fraction of sp³-hybridized carbons (Fsp3) is 0.500. The number of hydrogen-bond acceptors (Lipinski definition) is 4. The molecule has 3 atom stereocenters. The van der Waals surface area contributed by atoms with Crippen LogP contribution in [-0.4, -0.2) is 17.2 Å². The summed E-state index contributed by atoms with van der Waals surface area (Å²) >= 11 is 0. The highest BCUT2D eigenvalue weighted by atomic mass is 15.5. The molecule has 14 heavy (non-hydrogen) atoms. The van der Waals surface area contributed by atoms with Crippen LogP contribution in [0.4, 0.5) is 0 Å². The maximum absolute atomic E-state index is 5.98. The zero-order valence-corrected chi connectivity index (χ0v) is 8.27. The molecule has 1 aliphatic heterocycles. The van der Waals surface area contributed by atoms with Crippen LogP contribution < -0.4 is 16.6 Å². The molecule has 4 heteroatoms. The van der Waals surface area contributed by atoms with E-state index >= 15 is 0 Å². The average molecular weight is 192 g/mol. The molecule has 0 radical (unpaired) electrons. The third-order valence-electron chi connectivity index (χ3n) is 2.76. The molecule has 1 saturated heterocycles. The number of pyridine rings is 1. The monoisotopic (exact) mass is 192 g/mol. The molecule has 4 N–H and O–H groups in total. The lowest BCUT2D eigenvalue weighted by molar-refractivity contribution is 0.510. The molecule has 1 aromatic heterocycles. The van der Waals surface area contributed by atoms with E-state index in [2.05, 4.69) is 28.8 Å². The summed E-state index contributed by atoms with van der Waals surface area (Å²) in [6.45, 7) is 2.15. The Hall–Kier alpha value is -0.970. The van der Waals surface area contributed by atoms with Crippen molar-refractivity contribution in [1.82, 2.24) is 15.8 Å². The van der Waals surface area contributed by atoms with Crippen molar-refractivity contribution in [1.29, 1.82) is 0 Å². The molecular formula is C10H16N4. The Morgan fingerprint density at radius 2 is 2.36 bits per heavy atom. The SMILES string of the molecule is CCC1NNC(N)C1c1cccnc1. The third-order valence-corrected chi connectivity index (χ3v) is 2.76. The van der Waals surface area contributed by atoms with Gasteiger partial charge < -0.3 is 5.73 Å². The number of nitrogens with one attached hydrogen (secondary N) is 2. The van der Waals surface area contributed by atoms with E-state index in [0.29, 0.717) is 12.0 Å². The Bertz CT molecular complexity index is 287. The number of nitrogens with zero attached hydrogens (tertiary/aromatic N) is 1. The first-order chi connectivity index (χ1) is 6.83. The molecule has 1 aromatic rings. The summed E-state index contributed by atoms with van der Waals surface area (Å²) in [5.41, 5.74) is 13.4. The molecule has 1 aliphatic rings. The van der Waals surface area contributed by atoms with E-state index in [0.717, 1.165) is 6.42 Å². The van der Waals surface area contributed by atoms with Crippen molar-refractivity contribution in [2.24, 2.45) is 5.73 Å². The number of rotatable bonds is 2. The topological polar surface area (TPSA) is 63.0 Å². The lowest BCUT2D eigenvalue weighted by Gasteiger charge is -2.19. The van der Waals surface area contributed by atoms with Gasteiger partial charge in [-0.3, -0.25) is 10.4 Å². The number of aromatic nitrogens is 1. The van der Waals surface area contributed by atoms with E-state index < -0.39 is 0 Å². The Labute approximate surface area is 83.9 Å². The summed E-state index contributed by atoms with van der Waals surface area (Å²) in [4.78, 5) is 4.12. The van der Waals surface area contributed by atoms with E-state index in [9.17, 15) is 0 Å². The minimum atomic E-state index is -0.0239. The first kappa shape index (κ1) is 9.58. The molecular weight excluding hydrogens is 176 g/mol. The van der Waals surface area contributed by atoms with Crippen LogP contribution in [0.3, 0.4) is 0 Å². The van der Waals surface area contributed by atoms with Crippen LogP contribution in [0.15, 0.2) is 24.5 Å². The number of hydrogen-bond donors (Lipinski definition) is 3. The van der Waals surface area contributed by atoms with Crippen LogP contribution in [0.1, 0.15) is 24.8 Å². The largest absolute Gasteiger partial charge is 0.314 e.